The second-order valence-electron chi connectivity index (χ2n) is 6.15. The van der Waals surface area contributed by atoms with E-state index in [1.54, 1.807) is 13.8 Å². The van der Waals surface area contributed by atoms with Crippen LogP contribution in [0.15, 0.2) is 10.5 Å². The molecule has 3 rings (SSSR count). The molecular formula is C20H18O8. The number of rotatable bonds is 5. The molecule has 8 heteroatoms. The number of carbonyl (C=O) groups is 2. The largest absolute Gasteiger partial charge is 0.504 e. The van der Waals surface area contributed by atoms with Gasteiger partial charge in [-0.15, -0.1) is 0 Å². The van der Waals surface area contributed by atoms with E-state index in [4.69, 9.17) is 13.9 Å². The van der Waals surface area contributed by atoms with Crippen molar-refractivity contribution >= 4 is 23.5 Å². The lowest BCUT2D eigenvalue weighted by Gasteiger charge is -2.15. The molecule has 0 bridgehead atoms. The van der Waals surface area contributed by atoms with Crippen molar-refractivity contribution in [2.24, 2.45) is 0 Å². The molecule has 8 nitrogen and oxygen atoms in total. The lowest BCUT2D eigenvalue weighted by molar-refractivity contribution is 0.111. The van der Waals surface area contributed by atoms with E-state index in [2.05, 4.69) is 0 Å². The highest BCUT2D eigenvalue weighted by Gasteiger charge is 2.27. The van der Waals surface area contributed by atoms with Crippen LogP contribution in [0.25, 0.3) is 22.3 Å². The zero-order chi connectivity index (χ0) is 20.7. The Labute approximate surface area is 159 Å². The van der Waals surface area contributed by atoms with Crippen molar-refractivity contribution in [2.45, 2.75) is 13.8 Å². The lowest BCUT2D eigenvalue weighted by Crippen LogP contribution is -1.97. The van der Waals surface area contributed by atoms with Crippen LogP contribution < -0.4 is 9.47 Å². The number of hydrogen-bond acceptors (Lipinski definition) is 8. The van der Waals surface area contributed by atoms with Gasteiger partial charge >= 0.3 is 0 Å². The standard InChI is InChI=1S/C20H18O8/c1-8-11(6-21)10-5-13(28-19(10)20(27-4)15(8)23)14-9(2)18(26-3)17(25)16(24)12(14)7-22/h5-7,23-25H,1-4H3. The second-order valence-corrected chi connectivity index (χ2v) is 6.15. The second kappa shape index (κ2) is 6.80. The number of furan rings is 1. The first-order valence-corrected chi connectivity index (χ1v) is 8.18. The van der Waals surface area contributed by atoms with Gasteiger partial charge in [-0.3, -0.25) is 9.59 Å². The first kappa shape index (κ1) is 19.1. The zero-order valence-electron chi connectivity index (χ0n) is 15.6. The highest BCUT2D eigenvalue weighted by Crippen LogP contribution is 2.49. The van der Waals surface area contributed by atoms with Gasteiger partial charge in [0.15, 0.2) is 35.4 Å². The van der Waals surface area contributed by atoms with Crippen molar-refractivity contribution in [3.05, 3.63) is 28.3 Å². The van der Waals surface area contributed by atoms with Gasteiger partial charge in [0, 0.05) is 27.6 Å². The Bertz CT molecular complexity index is 1120. The third-order valence-corrected chi connectivity index (χ3v) is 4.77. The number of phenolic OH excluding ortho intramolecular Hbond substituents is 3. The van der Waals surface area contributed by atoms with Crippen molar-refractivity contribution in [1.82, 2.24) is 0 Å². The molecule has 0 fully saturated rings. The molecule has 0 radical (unpaired) electrons. The zero-order valence-corrected chi connectivity index (χ0v) is 15.6. The number of hydrogen-bond donors (Lipinski definition) is 3. The maximum Gasteiger partial charge on any atom is 0.204 e. The van der Waals surface area contributed by atoms with E-state index in [0.717, 1.165) is 0 Å². The minimum absolute atomic E-state index is 0.0276. The van der Waals surface area contributed by atoms with Crippen LogP contribution in [-0.2, 0) is 0 Å². The van der Waals surface area contributed by atoms with Crippen LogP contribution in [0.5, 0.6) is 28.7 Å². The number of aromatic hydroxyl groups is 3. The Hall–Kier alpha value is -3.68. The number of aldehydes is 2. The first-order chi connectivity index (χ1) is 13.3. The topological polar surface area (TPSA) is 126 Å². The van der Waals surface area contributed by atoms with Gasteiger partial charge in [-0.1, -0.05) is 0 Å². The quantitative estimate of drug-likeness (QED) is 0.449. The number of carbonyl (C=O) groups excluding carboxylic acids is 2. The summed E-state index contributed by atoms with van der Waals surface area (Å²) in [5.74, 6) is -1.34. The van der Waals surface area contributed by atoms with Gasteiger partial charge in [0.25, 0.3) is 0 Å². The van der Waals surface area contributed by atoms with Crippen molar-refractivity contribution in [3.63, 3.8) is 0 Å². The van der Waals surface area contributed by atoms with Gasteiger partial charge in [-0.25, -0.2) is 0 Å². The predicted molar refractivity (Wildman–Crippen MR) is 100.0 cm³/mol. The summed E-state index contributed by atoms with van der Waals surface area (Å²) in [6.45, 7) is 3.14. The Kier molecular flexibility index (Phi) is 4.64. The normalized spacial score (nSPS) is 10.9. The van der Waals surface area contributed by atoms with Crippen LogP contribution in [0.2, 0.25) is 0 Å². The summed E-state index contributed by atoms with van der Waals surface area (Å²) in [6, 6.07) is 1.50. The van der Waals surface area contributed by atoms with Gasteiger partial charge in [0.1, 0.15) is 5.76 Å². The van der Waals surface area contributed by atoms with Gasteiger partial charge < -0.3 is 29.2 Å². The lowest BCUT2D eigenvalue weighted by atomic mass is 9.96. The van der Waals surface area contributed by atoms with Crippen LogP contribution in [0, 0.1) is 13.8 Å². The van der Waals surface area contributed by atoms with Crippen LogP contribution in [0.3, 0.4) is 0 Å². The maximum atomic E-state index is 11.6. The molecule has 1 heterocycles. The number of fused-ring (bicyclic) bond motifs is 1. The molecule has 0 atom stereocenters. The van der Waals surface area contributed by atoms with Crippen LogP contribution in [0.4, 0.5) is 0 Å². The van der Waals surface area contributed by atoms with E-state index in [1.165, 1.54) is 20.3 Å². The van der Waals surface area contributed by atoms with Gasteiger partial charge in [-0.2, -0.15) is 0 Å². The molecule has 2 aromatic carbocycles. The average molecular weight is 386 g/mol. The van der Waals surface area contributed by atoms with Crippen molar-refractivity contribution in [2.75, 3.05) is 14.2 Å². The minimum atomic E-state index is -0.658. The average Bonchev–Trinajstić information content (AvgIpc) is 3.10. The fourth-order valence-corrected chi connectivity index (χ4v) is 3.36. The summed E-state index contributed by atoms with van der Waals surface area (Å²) >= 11 is 0. The van der Waals surface area contributed by atoms with E-state index in [-0.39, 0.29) is 45.3 Å². The summed E-state index contributed by atoms with van der Waals surface area (Å²) in [5, 5.41) is 31.0. The Morgan fingerprint density at radius 2 is 1.46 bits per heavy atom. The van der Waals surface area contributed by atoms with Crippen molar-refractivity contribution in [1.29, 1.82) is 0 Å². The Balaban J connectivity index is 2.49. The number of benzene rings is 2. The molecule has 3 N–H and O–H groups in total. The summed E-state index contributed by atoms with van der Waals surface area (Å²) in [7, 11) is 2.65. The van der Waals surface area contributed by atoms with E-state index >= 15 is 0 Å². The van der Waals surface area contributed by atoms with E-state index < -0.39 is 11.5 Å². The molecule has 0 unspecified atom stereocenters. The minimum Gasteiger partial charge on any atom is -0.504 e. The number of ether oxygens (including phenoxy) is 2. The Morgan fingerprint density at radius 1 is 0.857 bits per heavy atom. The summed E-state index contributed by atoms with van der Waals surface area (Å²) < 4.78 is 16.2. The highest BCUT2D eigenvalue weighted by atomic mass is 16.5. The Morgan fingerprint density at radius 3 is 2.00 bits per heavy atom. The van der Waals surface area contributed by atoms with Crippen molar-refractivity contribution < 1.29 is 38.8 Å². The summed E-state index contributed by atoms with van der Waals surface area (Å²) in [4.78, 5) is 23.2. The van der Waals surface area contributed by atoms with Gasteiger partial charge in [-0.05, 0) is 19.9 Å². The summed E-state index contributed by atoms with van der Waals surface area (Å²) in [6.07, 6.45) is 0.961. The first-order valence-electron chi connectivity index (χ1n) is 8.18. The molecule has 0 amide bonds. The fraction of sp³-hybridized carbons (Fsp3) is 0.200. The van der Waals surface area contributed by atoms with Gasteiger partial charge in [0.05, 0.1) is 19.8 Å². The van der Waals surface area contributed by atoms with E-state index in [9.17, 15) is 24.9 Å². The maximum absolute atomic E-state index is 11.6. The molecule has 146 valence electrons. The molecule has 0 aliphatic carbocycles. The third kappa shape index (κ3) is 2.45. The molecule has 1 aromatic heterocycles. The molecule has 0 aliphatic heterocycles. The molecule has 28 heavy (non-hydrogen) atoms. The fourth-order valence-electron chi connectivity index (χ4n) is 3.36. The van der Waals surface area contributed by atoms with E-state index in [1.807, 2.05) is 0 Å². The number of phenols is 3. The molecule has 0 spiro atoms. The van der Waals surface area contributed by atoms with Crippen LogP contribution in [0.1, 0.15) is 31.8 Å². The molecule has 0 saturated carbocycles. The molecule has 0 saturated heterocycles. The highest BCUT2D eigenvalue weighted by molar-refractivity contribution is 6.05. The van der Waals surface area contributed by atoms with Crippen molar-refractivity contribution in [3.8, 4) is 40.1 Å². The SMILES string of the molecule is COc1c(C)c(-c2cc3c(C=O)c(C)c(O)c(OC)c3o2)c(C=O)c(O)c1O. The predicted octanol–water partition coefficient (Wildman–Crippen LogP) is 3.48. The number of methoxy groups -OCH3 is 2. The molecule has 3 aromatic rings. The molecule has 0 aliphatic rings. The third-order valence-electron chi connectivity index (χ3n) is 4.77. The van der Waals surface area contributed by atoms with Gasteiger partial charge in [0.2, 0.25) is 11.5 Å². The van der Waals surface area contributed by atoms with E-state index in [0.29, 0.717) is 29.1 Å². The monoisotopic (exact) mass is 386 g/mol. The van der Waals surface area contributed by atoms with Crippen LogP contribution in [-0.4, -0.2) is 42.1 Å². The van der Waals surface area contributed by atoms with Crippen LogP contribution >= 0.6 is 0 Å². The smallest absolute Gasteiger partial charge is 0.204 e. The molecular weight excluding hydrogens is 368 g/mol. The summed E-state index contributed by atoms with van der Waals surface area (Å²) in [5.41, 5.74) is 0.919.